The molecule has 0 radical (unpaired) electrons. The van der Waals surface area contributed by atoms with Crippen molar-refractivity contribution in [2.45, 2.75) is 57.1 Å². The fourth-order valence-electron chi connectivity index (χ4n) is 2.64. The van der Waals surface area contributed by atoms with Crippen molar-refractivity contribution in [3.63, 3.8) is 0 Å². The predicted octanol–water partition coefficient (Wildman–Crippen LogP) is 3.00. The SMILES string of the molecule is CC(C)(C)[S+]([O-])N(Cc1ccccc1)[C@H](CO)[C@@H]1CCC=CO1. The van der Waals surface area contributed by atoms with Crippen molar-refractivity contribution < 1.29 is 14.4 Å². The van der Waals surface area contributed by atoms with Gasteiger partial charge in [-0.25, -0.2) is 0 Å². The van der Waals surface area contributed by atoms with Gasteiger partial charge in [0.25, 0.3) is 0 Å². The van der Waals surface area contributed by atoms with Crippen LogP contribution in [-0.2, 0) is 22.6 Å². The molecule has 0 amide bonds. The number of allylic oxidation sites excluding steroid dienone is 1. The summed E-state index contributed by atoms with van der Waals surface area (Å²) in [6, 6.07) is 9.65. The van der Waals surface area contributed by atoms with Gasteiger partial charge in [0.1, 0.15) is 16.9 Å². The molecule has 128 valence electrons. The molecule has 3 atom stereocenters. The number of rotatable bonds is 6. The third-order valence-corrected chi connectivity index (χ3v) is 5.75. The van der Waals surface area contributed by atoms with Crippen LogP contribution in [0.25, 0.3) is 0 Å². The first-order chi connectivity index (χ1) is 10.9. The summed E-state index contributed by atoms with van der Waals surface area (Å²) in [5.41, 5.74) is 1.08. The molecule has 0 bridgehead atoms. The quantitative estimate of drug-likeness (QED) is 0.811. The topological polar surface area (TPSA) is 55.8 Å². The maximum atomic E-state index is 13.1. The molecule has 1 aromatic rings. The van der Waals surface area contributed by atoms with Crippen LogP contribution in [0, 0.1) is 0 Å². The van der Waals surface area contributed by atoms with Gasteiger partial charge in [-0.05, 0) is 45.3 Å². The van der Waals surface area contributed by atoms with Gasteiger partial charge in [0.15, 0.2) is 0 Å². The molecule has 0 saturated carbocycles. The van der Waals surface area contributed by atoms with Gasteiger partial charge >= 0.3 is 0 Å². The molecule has 0 spiro atoms. The van der Waals surface area contributed by atoms with E-state index >= 15 is 0 Å². The van der Waals surface area contributed by atoms with Crippen LogP contribution in [0.15, 0.2) is 42.7 Å². The van der Waals surface area contributed by atoms with Crippen molar-refractivity contribution in [2.75, 3.05) is 6.61 Å². The molecule has 0 aromatic heterocycles. The van der Waals surface area contributed by atoms with E-state index < -0.39 is 16.1 Å². The summed E-state index contributed by atoms with van der Waals surface area (Å²) < 4.78 is 20.3. The molecule has 1 aliphatic rings. The van der Waals surface area contributed by atoms with E-state index in [1.807, 2.05) is 61.5 Å². The van der Waals surface area contributed by atoms with E-state index in [-0.39, 0.29) is 18.8 Å². The van der Waals surface area contributed by atoms with E-state index in [0.717, 1.165) is 18.4 Å². The number of hydrogen-bond acceptors (Lipinski definition) is 4. The Balaban J connectivity index is 2.25. The fourth-order valence-corrected chi connectivity index (χ4v) is 4.06. The van der Waals surface area contributed by atoms with E-state index in [0.29, 0.717) is 6.54 Å². The number of aliphatic hydroxyl groups is 1. The Bertz CT molecular complexity index is 501. The molecule has 1 aliphatic heterocycles. The monoisotopic (exact) mass is 337 g/mol. The third-order valence-electron chi connectivity index (χ3n) is 3.87. The molecule has 23 heavy (non-hydrogen) atoms. The van der Waals surface area contributed by atoms with Crippen LogP contribution in [-0.4, -0.2) is 37.5 Å². The van der Waals surface area contributed by atoms with Crippen molar-refractivity contribution in [1.29, 1.82) is 0 Å². The first-order valence-electron chi connectivity index (χ1n) is 8.07. The van der Waals surface area contributed by atoms with E-state index in [2.05, 4.69) is 0 Å². The van der Waals surface area contributed by atoms with E-state index in [9.17, 15) is 9.66 Å². The van der Waals surface area contributed by atoms with E-state index in [1.165, 1.54) is 0 Å². The fraction of sp³-hybridized carbons (Fsp3) is 0.556. The zero-order chi connectivity index (χ0) is 16.9. The Morgan fingerprint density at radius 2 is 2.04 bits per heavy atom. The Morgan fingerprint density at radius 1 is 1.35 bits per heavy atom. The smallest absolute Gasteiger partial charge is 0.137 e. The highest BCUT2D eigenvalue weighted by molar-refractivity contribution is 7.90. The zero-order valence-electron chi connectivity index (χ0n) is 14.1. The molecule has 4 nitrogen and oxygen atoms in total. The van der Waals surface area contributed by atoms with Gasteiger partial charge in [-0.3, -0.25) is 0 Å². The molecule has 5 heteroatoms. The second kappa shape index (κ2) is 8.20. The highest BCUT2D eigenvalue weighted by Crippen LogP contribution is 2.28. The molecule has 1 N–H and O–H groups in total. The Hall–Kier alpha value is -1.01. The van der Waals surface area contributed by atoms with E-state index in [4.69, 9.17) is 4.74 Å². The minimum Gasteiger partial charge on any atom is -0.597 e. The summed E-state index contributed by atoms with van der Waals surface area (Å²) in [6.45, 7) is 6.32. The first kappa shape index (κ1) is 18.3. The number of aliphatic hydroxyl groups excluding tert-OH is 1. The van der Waals surface area contributed by atoms with Crippen molar-refractivity contribution >= 4 is 11.4 Å². The van der Waals surface area contributed by atoms with Gasteiger partial charge in [0, 0.05) is 11.4 Å². The predicted molar refractivity (Wildman–Crippen MR) is 94.0 cm³/mol. The number of benzene rings is 1. The van der Waals surface area contributed by atoms with Crippen LogP contribution in [0.1, 0.15) is 39.2 Å². The average Bonchev–Trinajstić information content (AvgIpc) is 2.55. The molecule has 1 heterocycles. The highest BCUT2D eigenvalue weighted by atomic mass is 32.2. The Labute approximate surface area is 142 Å². The summed E-state index contributed by atoms with van der Waals surface area (Å²) in [4.78, 5) is 0. The van der Waals surface area contributed by atoms with Gasteiger partial charge in [-0.15, -0.1) is 4.31 Å². The Kier molecular flexibility index (Phi) is 6.53. The van der Waals surface area contributed by atoms with Crippen LogP contribution in [0.3, 0.4) is 0 Å². The van der Waals surface area contributed by atoms with Crippen LogP contribution in [0.4, 0.5) is 0 Å². The largest absolute Gasteiger partial charge is 0.597 e. The normalized spacial score (nSPS) is 21.0. The van der Waals surface area contributed by atoms with Gasteiger partial charge in [-0.2, -0.15) is 0 Å². The summed E-state index contributed by atoms with van der Waals surface area (Å²) >= 11 is -1.24. The van der Waals surface area contributed by atoms with Crippen molar-refractivity contribution in [3.05, 3.63) is 48.2 Å². The molecule has 0 saturated heterocycles. The lowest BCUT2D eigenvalue weighted by Gasteiger charge is -2.39. The van der Waals surface area contributed by atoms with Crippen LogP contribution < -0.4 is 0 Å². The minimum atomic E-state index is -1.24. The summed E-state index contributed by atoms with van der Waals surface area (Å²) in [5.74, 6) is 0. The second-order valence-electron chi connectivity index (χ2n) is 6.80. The molecular weight excluding hydrogens is 310 g/mol. The van der Waals surface area contributed by atoms with Crippen molar-refractivity contribution in [1.82, 2.24) is 4.31 Å². The third kappa shape index (κ3) is 4.98. The Morgan fingerprint density at radius 3 is 2.57 bits per heavy atom. The molecule has 0 aliphatic carbocycles. The van der Waals surface area contributed by atoms with Gasteiger partial charge in [0.2, 0.25) is 0 Å². The number of nitrogens with zero attached hydrogens (tertiary/aromatic N) is 1. The van der Waals surface area contributed by atoms with Crippen LogP contribution >= 0.6 is 0 Å². The molecule has 1 unspecified atom stereocenters. The lowest BCUT2D eigenvalue weighted by atomic mass is 10.0. The number of ether oxygens (including phenoxy) is 1. The molecule has 1 aromatic carbocycles. The van der Waals surface area contributed by atoms with Gasteiger partial charge in [0.05, 0.1) is 19.4 Å². The molecule has 2 rings (SSSR count). The van der Waals surface area contributed by atoms with Crippen LogP contribution in [0.5, 0.6) is 0 Å². The molecular formula is C18H27NO3S. The van der Waals surface area contributed by atoms with E-state index in [1.54, 1.807) is 6.26 Å². The zero-order valence-corrected chi connectivity index (χ0v) is 15.0. The summed E-state index contributed by atoms with van der Waals surface area (Å²) in [6.07, 6.45) is 5.28. The maximum absolute atomic E-state index is 13.1. The van der Waals surface area contributed by atoms with Gasteiger partial charge < -0.3 is 14.4 Å². The second-order valence-corrected chi connectivity index (χ2v) is 8.99. The lowest BCUT2D eigenvalue weighted by molar-refractivity contribution is 0.0258. The highest BCUT2D eigenvalue weighted by Gasteiger charge is 2.41. The summed E-state index contributed by atoms with van der Waals surface area (Å²) in [7, 11) is 0. The first-order valence-corrected chi connectivity index (χ1v) is 9.18. The number of hydrogen-bond donors (Lipinski definition) is 1. The lowest BCUT2D eigenvalue weighted by Crippen LogP contribution is -2.54. The van der Waals surface area contributed by atoms with Crippen molar-refractivity contribution in [3.8, 4) is 0 Å². The van der Waals surface area contributed by atoms with Gasteiger partial charge in [-0.1, -0.05) is 30.3 Å². The maximum Gasteiger partial charge on any atom is 0.137 e. The summed E-state index contributed by atoms with van der Waals surface area (Å²) in [5, 5.41) is 9.96. The standard InChI is InChI=1S/C18H27NO3S/c1-18(2,3)23(21)19(13-15-9-5-4-6-10-15)16(14-20)17-11-7-8-12-22-17/h4-6,8-10,12,16-17,20H,7,11,13-14H2,1-3H3/t16-,17+,23?/m1/s1. The average molecular weight is 337 g/mol. The van der Waals surface area contributed by atoms with Crippen molar-refractivity contribution in [2.24, 2.45) is 0 Å². The van der Waals surface area contributed by atoms with Crippen LogP contribution in [0.2, 0.25) is 0 Å². The molecule has 0 fully saturated rings. The minimum absolute atomic E-state index is 0.0762.